The van der Waals surface area contributed by atoms with Crippen LogP contribution in [0.25, 0.3) is 0 Å². The van der Waals surface area contributed by atoms with Gasteiger partial charge in [0.15, 0.2) is 0 Å². The Kier molecular flexibility index (Phi) is 6.62. The third kappa shape index (κ3) is 6.35. The fraction of sp³-hybridized carbons (Fsp3) is 0.750. The first kappa shape index (κ1) is 11.0. The van der Waals surface area contributed by atoms with Gasteiger partial charge in [-0.05, 0) is 13.0 Å². The van der Waals surface area contributed by atoms with Crippen molar-refractivity contribution in [3.8, 4) is 0 Å². The molecular weight excluding hydrogens is 162 g/mol. The highest BCUT2D eigenvalue weighted by molar-refractivity contribution is 6.29. The Morgan fingerprint density at radius 2 is 2.36 bits per heavy atom. The predicted molar refractivity (Wildman–Crippen MR) is 48.8 cm³/mol. The highest BCUT2D eigenvalue weighted by Gasteiger charge is 2.03. The first-order valence-electron chi connectivity index (χ1n) is 3.91. The van der Waals surface area contributed by atoms with E-state index in [0.717, 1.165) is 19.4 Å². The largest absolute Gasteiger partial charge is 0.386 e. The quantitative estimate of drug-likeness (QED) is 0.603. The minimum absolute atomic E-state index is 0.300. The summed E-state index contributed by atoms with van der Waals surface area (Å²) in [7, 11) is 0. The van der Waals surface area contributed by atoms with Crippen LogP contribution in [0.5, 0.6) is 0 Å². The van der Waals surface area contributed by atoms with E-state index >= 15 is 0 Å². The third-order valence-electron chi connectivity index (χ3n) is 1.41. The second-order valence-electron chi connectivity index (χ2n) is 2.52. The Morgan fingerprint density at radius 1 is 1.73 bits per heavy atom. The van der Waals surface area contributed by atoms with Gasteiger partial charge in [-0.25, -0.2) is 0 Å². The highest BCUT2D eigenvalue weighted by atomic mass is 35.5. The van der Waals surface area contributed by atoms with Crippen LogP contribution in [-0.4, -0.2) is 24.3 Å². The Bertz CT molecular complexity index is 117. The van der Waals surface area contributed by atoms with Crippen molar-refractivity contribution < 1.29 is 5.11 Å². The van der Waals surface area contributed by atoms with Gasteiger partial charge in [-0.2, -0.15) is 0 Å². The molecule has 0 aromatic rings. The lowest BCUT2D eigenvalue weighted by Crippen LogP contribution is -2.27. The molecule has 0 rings (SSSR count). The number of aliphatic hydroxyl groups is 1. The number of nitrogens with one attached hydrogen (secondary N) is 1. The van der Waals surface area contributed by atoms with Crippen molar-refractivity contribution in [3.63, 3.8) is 0 Å². The van der Waals surface area contributed by atoms with Gasteiger partial charge in [0.1, 0.15) is 6.10 Å². The van der Waals surface area contributed by atoms with Crippen molar-refractivity contribution >= 4 is 11.6 Å². The first-order chi connectivity index (χ1) is 5.18. The van der Waals surface area contributed by atoms with Crippen LogP contribution >= 0.6 is 11.6 Å². The van der Waals surface area contributed by atoms with Gasteiger partial charge in [-0.3, -0.25) is 0 Å². The van der Waals surface area contributed by atoms with Crippen molar-refractivity contribution in [3.05, 3.63) is 11.6 Å². The van der Waals surface area contributed by atoms with Crippen LogP contribution in [0.15, 0.2) is 11.6 Å². The van der Waals surface area contributed by atoms with E-state index in [-0.39, 0.29) is 0 Å². The molecule has 2 N–H and O–H groups in total. The van der Waals surface area contributed by atoms with Crippen molar-refractivity contribution in [2.24, 2.45) is 0 Å². The molecule has 3 heteroatoms. The summed E-state index contributed by atoms with van der Waals surface area (Å²) >= 11 is 5.46. The van der Waals surface area contributed by atoms with Crippen molar-refractivity contribution in [1.29, 1.82) is 0 Å². The molecule has 0 spiro atoms. The maximum absolute atomic E-state index is 9.13. The van der Waals surface area contributed by atoms with Crippen LogP contribution in [0.2, 0.25) is 0 Å². The van der Waals surface area contributed by atoms with Gasteiger partial charge in [0, 0.05) is 11.6 Å². The molecule has 0 aliphatic heterocycles. The van der Waals surface area contributed by atoms with Gasteiger partial charge in [0.2, 0.25) is 0 Å². The maximum Gasteiger partial charge on any atom is 0.101 e. The maximum atomic E-state index is 9.13. The SMILES string of the molecule is C=C(Cl)C(O)CNCCCC. The van der Waals surface area contributed by atoms with Crippen molar-refractivity contribution in [1.82, 2.24) is 5.32 Å². The van der Waals surface area contributed by atoms with Crippen LogP contribution in [0.3, 0.4) is 0 Å². The lowest BCUT2D eigenvalue weighted by Gasteiger charge is -2.08. The molecule has 1 atom stereocenters. The molecule has 0 amide bonds. The molecule has 66 valence electrons. The molecule has 0 aliphatic carbocycles. The molecule has 0 aromatic heterocycles. The number of aliphatic hydroxyl groups excluding tert-OH is 1. The lowest BCUT2D eigenvalue weighted by molar-refractivity contribution is 0.215. The van der Waals surface area contributed by atoms with E-state index in [1.807, 2.05) is 0 Å². The average molecular weight is 178 g/mol. The summed E-state index contributed by atoms with van der Waals surface area (Å²) in [4.78, 5) is 0. The van der Waals surface area contributed by atoms with E-state index < -0.39 is 6.10 Å². The monoisotopic (exact) mass is 177 g/mol. The summed E-state index contributed by atoms with van der Waals surface area (Å²) in [6, 6.07) is 0. The summed E-state index contributed by atoms with van der Waals surface area (Å²) in [5, 5.41) is 12.5. The fourth-order valence-electron chi connectivity index (χ4n) is 0.651. The molecule has 0 saturated heterocycles. The zero-order valence-electron chi connectivity index (χ0n) is 6.94. The molecule has 0 aliphatic rings. The van der Waals surface area contributed by atoms with Gasteiger partial charge < -0.3 is 10.4 Å². The van der Waals surface area contributed by atoms with Crippen molar-refractivity contribution in [2.75, 3.05) is 13.1 Å². The van der Waals surface area contributed by atoms with Gasteiger partial charge in [-0.15, -0.1) is 0 Å². The zero-order chi connectivity index (χ0) is 8.69. The smallest absolute Gasteiger partial charge is 0.101 e. The molecule has 0 bridgehead atoms. The summed E-state index contributed by atoms with van der Waals surface area (Å²) < 4.78 is 0. The fourth-order valence-corrected chi connectivity index (χ4v) is 0.728. The molecule has 2 nitrogen and oxygen atoms in total. The molecule has 0 heterocycles. The molecule has 0 radical (unpaired) electrons. The molecular formula is C8H16ClNO. The highest BCUT2D eigenvalue weighted by Crippen LogP contribution is 2.02. The van der Waals surface area contributed by atoms with Gasteiger partial charge in [-0.1, -0.05) is 31.5 Å². The van der Waals surface area contributed by atoms with E-state index in [9.17, 15) is 0 Å². The second-order valence-corrected chi connectivity index (χ2v) is 3.01. The van der Waals surface area contributed by atoms with Gasteiger partial charge in [0.05, 0.1) is 0 Å². The summed E-state index contributed by atoms with van der Waals surface area (Å²) in [6.07, 6.45) is 1.67. The number of unbranched alkanes of at least 4 members (excludes halogenated alkanes) is 1. The normalized spacial score (nSPS) is 13.0. The summed E-state index contributed by atoms with van der Waals surface area (Å²) in [6.45, 7) is 6.98. The number of halogens is 1. The Balaban J connectivity index is 3.17. The Labute approximate surface area is 73.3 Å². The molecule has 0 aromatic carbocycles. The van der Waals surface area contributed by atoms with E-state index in [1.165, 1.54) is 0 Å². The molecule has 0 saturated carbocycles. The number of hydrogen-bond donors (Lipinski definition) is 2. The third-order valence-corrected chi connectivity index (χ3v) is 1.66. The number of rotatable bonds is 6. The van der Waals surface area contributed by atoms with Gasteiger partial charge in [0.25, 0.3) is 0 Å². The van der Waals surface area contributed by atoms with Crippen molar-refractivity contribution in [2.45, 2.75) is 25.9 Å². The summed E-state index contributed by atoms with van der Waals surface area (Å²) in [5.74, 6) is 0. The van der Waals surface area contributed by atoms with Gasteiger partial charge >= 0.3 is 0 Å². The number of hydrogen-bond acceptors (Lipinski definition) is 2. The lowest BCUT2D eigenvalue weighted by atomic mass is 10.3. The molecule has 11 heavy (non-hydrogen) atoms. The standard InChI is InChI=1S/C8H16ClNO/c1-3-4-5-10-6-8(11)7(2)9/h8,10-11H,2-6H2,1H3. The van der Waals surface area contributed by atoms with Crippen LogP contribution in [-0.2, 0) is 0 Å². The van der Waals surface area contributed by atoms with E-state index in [0.29, 0.717) is 11.6 Å². The van der Waals surface area contributed by atoms with Crippen LogP contribution in [0, 0.1) is 0 Å². The average Bonchev–Trinajstić information content (AvgIpc) is 1.97. The minimum Gasteiger partial charge on any atom is -0.386 e. The second kappa shape index (κ2) is 6.65. The minimum atomic E-state index is -0.617. The predicted octanol–water partition coefficient (Wildman–Crippen LogP) is 1.49. The Hall–Kier alpha value is -0.0500. The van der Waals surface area contributed by atoms with Crippen LogP contribution in [0.1, 0.15) is 19.8 Å². The Morgan fingerprint density at radius 3 is 2.82 bits per heavy atom. The zero-order valence-corrected chi connectivity index (χ0v) is 7.69. The van der Waals surface area contributed by atoms with E-state index in [4.69, 9.17) is 16.7 Å². The van der Waals surface area contributed by atoms with E-state index in [2.05, 4.69) is 18.8 Å². The first-order valence-corrected chi connectivity index (χ1v) is 4.29. The summed E-state index contributed by atoms with van der Waals surface area (Å²) in [5.41, 5.74) is 0. The molecule has 1 unspecified atom stereocenters. The molecule has 0 fully saturated rings. The van der Waals surface area contributed by atoms with Crippen LogP contribution in [0.4, 0.5) is 0 Å². The van der Waals surface area contributed by atoms with Crippen LogP contribution < -0.4 is 5.32 Å². The topological polar surface area (TPSA) is 32.3 Å². The van der Waals surface area contributed by atoms with E-state index in [1.54, 1.807) is 0 Å².